The molecule has 1 aliphatic heterocycles. The molecule has 1 N–H and O–H groups in total. The topological polar surface area (TPSA) is 92.8 Å². The van der Waals surface area contributed by atoms with Crippen molar-refractivity contribution in [1.82, 2.24) is 9.62 Å². The molecule has 1 aromatic heterocycles. The van der Waals surface area contributed by atoms with Gasteiger partial charge in [-0.1, -0.05) is 12.8 Å². The van der Waals surface area contributed by atoms with Crippen molar-refractivity contribution in [2.45, 2.75) is 48.3 Å². The van der Waals surface area contributed by atoms with E-state index in [0.29, 0.717) is 32.2 Å². The van der Waals surface area contributed by atoms with Crippen LogP contribution in [-0.4, -0.2) is 50.3 Å². The highest BCUT2D eigenvalue weighted by Gasteiger charge is 2.45. The monoisotopic (exact) mass is 478 g/mol. The second-order valence-corrected chi connectivity index (χ2v) is 11.7. The summed E-state index contributed by atoms with van der Waals surface area (Å²) in [6, 6.07) is 3.27. The van der Waals surface area contributed by atoms with Crippen LogP contribution in [0.3, 0.4) is 0 Å². The first-order valence-electron chi connectivity index (χ1n) is 8.94. The van der Waals surface area contributed by atoms with Crippen LogP contribution in [0, 0.1) is 5.92 Å². The van der Waals surface area contributed by atoms with Crippen LogP contribution in [0.4, 0.5) is 0 Å². The van der Waals surface area contributed by atoms with Crippen LogP contribution < -0.4 is 5.32 Å². The van der Waals surface area contributed by atoms with Crippen molar-refractivity contribution in [3.8, 4) is 0 Å². The van der Waals surface area contributed by atoms with E-state index in [1.54, 1.807) is 12.1 Å². The van der Waals surface area contributed by atoms with Crippen molar-refractivity contribution < 1.29 is 22.7 Å². The summed E-state index contributed by atoms with van der Waals surface area (Å²) >= 11 is 4.44. The number of hydrogen-bond donors (Lipinski definition) is 1. The van der Waals surface area contributed by atoms with Crippen molar-refractivity contribution in [2.75, 3.05) is 20.2 Å². The van der Waals surface area contributed by atoms with E-state index < -0.39 is 27.4 Å². The predicted octanol–water partition coefficient (Wildman–Crippen LogP) is 2.51. The average molecular weight is 479 g/mol. The Kier molecular flexibility index (Phi) is 6.29. The summed E-state index contributed by atoms with van der Waals surface area (Å²) in [6.07, 6.45) is 4.03. The number of thiophene rings is 1. The summed E-state index contributed by atoms with van der Waals surface area (Å²) in [7, 11) is -2.30. The molecule has 3 rings (SSSR count). The number of nitrogens with zero attached hydrogens (tertiary/aromatic N) is 1. The highest BCUT2D eigenvalue weighted by atomic mass is 79.9. The molecule has 1 saturated carbocycles. The van der Waals surface area contributed by atoms with Crippen LogP contribution in [-0.2, 0) is 24.3 Å². The molecule has 1 unspecified atom stereocenters. The molecule has 1 amide bonds. The Labute approximate surface area is 171 Å². The van der Waals surface area contributed by atoms with Gasteiger partial charge >= 0.3 is 5.97 Å². The summed E-state index contributed by atoms with van der Waals surface area (Å²) in [4.78, 5) is 25.1. The lowest BCUT2D eigenvalue weighted by molar-refractivity contribution is -0.151. The minimum atomic E-state index is -3.62. The van der Waals surface area contributed by atoms with E-state index in [-0.39, 0.29) is 16.7 Å². The van der Waals surface area contributed by atoms with Crippen LogP contribution in [0.5, 0.6) is 0 Å². The van der Waals surface area contributed by atoms with E-state index in [9.17, 15) is 18.0 Å². The van der Waals surface area contributed by atoms with E-state index >= 15 is 0 Å². The van der Waals surface area contributed by atoms with Gasteiger partial charge in [0.1, 0.15) is 9.75 Å². The third-order valence-electron chi connectivity index (χ3n) is 5.29. The summed E-state index contributed by atoms with van der Waals surface area (Å²) in [5.74, 6) is -1.16. The SMILES string of the molecule is COC(=O)C1(NC(=O)C2CCCN(S(=O)(=O)c3ccc(Br)s3)C2)CCCC1. The molecule has 2 fully saturated rings. The Morgan fingerprint density at radius 3 is 2.59 bits per heavy atom. The lowest BCUT2D eigenvalue weighted by Gasteiger charge is -2.34. The van der Waals surface area contributed by atoms with Gasteiger partial charge < -0.3 is 10.1 Å². The number of nitrogens with one attached hydrogen (secondary N) is 1. The van der Waals surface area contributed by atoms with Gasteiger partial charge in [0.15, 0.2) is 0 Å². The molecular weight excluding hydrogens is 456 g/mol. The number of hydrogen-bond acceptors (Lipinski definition) is 6. The quantitative estimate of drug-likeness (QED) is 0.656. The number of carbonyl (C=O) groups excluding carboxylic acids is 2. The number of esters is 1. The molecule has 0 aromatic carbocycles. The second-order valence-electron chi connectivity index (χ2n) is 7.03. The smallest absolute Gasteiger partial charge is 0.331 e. The summed E-state index contributed by atoms with van der Waals surface area (Å²) in [5, 5.41) is 2.89. The highest BCUT2D eigenvalue weighted by molar-refractivity contribution is 9.11. The molecule has 1 aromatic rings. The van der Waals surface area contributed by atoms with Gasteiger partial charge in [-0.15, -0.1) is 11.3 Å². The zero-order chi connectivity index (χ0) is 19.7. The van der Waals surface area contributed by atoms with Gasteiger partial charge in [-0.3, -0.25) is 4.79 Å². The molecule has 2 aliphatic rings. The molecule has 2 heterocycles. The van der Waals surface area contributed by atoms with Crippen LogP contribution in [0.25, 0.3) is 0 Å². The molecule has 7 nitrogen and oxygen atoms in total. The summed E-state index contributed by atoms with van der Waals surface area (Å²) in [6.45, 7) is 0.519. The molecule has 0 radical (unpaired) electrons. The van der Waals surface area contributed by atoms with Crippen molar-refractivity contribution >= 4 is 49.2 Å². The van der Waals surface area contributed by atoms with E-state index in [1.807, 2.05) is 0 Å². The number of rotatable bonds is 5. The van der Waals surface area contributed by atoms with Crippen LogP contribution in [0.1, 0.15) is 38.5 Å². The van der Waals surface area contributed by atoms with Gasteiger partial charge in [-0.05, 0) is 53.7 Å². The largest absolute Gasteiger partial charge is 0.467 e. The molecular formula is C17H23BrN2O5S2. The third-order valence-corrected chi connectivity index (χ3v) is 9.25. The Morgan fingerprint density at radius 1 is 1.30 bits per heavy atom. The second kappa shape index (κ2) is 8.18. The minimum Gasteiger partial charge on any atom is -0.467 e. The fraction of sp³-hybridized carbons (Fsp3) is 0.647. The molecule has 150 valence electrons. The predicted molar refractivity (Wildman–Crippen MR) is 105 cm³/mol. The van der Waals surface area contributed by atoms with E-state index in [1.165, 1.54) is 11.4 Å². The van der Waals surface area contributed by atoms with Gasteiger partial charge in [0, 0.05) is 13.1 Å². The van der Waals surface area contributed by atoms with Crippen molar-refractivity contribution in [3.63, 3.8) is 0 Å². The highest BCUT2D eigenvalue weighted by Crippen LogP contribution is 2.33. The van der Waals surface area contributed by atoms with E-state index in [4.69, 9.17) is 4.74 Å². The van der Waals surface area contributed by atoms with Crippen molar-refractivity contribution in [2.24, 2.45) is 5.92 Å². The average Bonchev–Trinajstić information content (AvgIpc) is 3.31. The number of halogens is 1. The lowest BCUT2D eigenvalue weighted by Crippen LogP contribution is -2.56. The number of piperidine rings is 1. The van der Waals surface area contributed by atoms with Gasteiger partial charge in [-0.2, -0.15) is 4.31 Å². The van der Waals surface area contributed by atoms with Crippen LogP contribution in [0.2, 0.25) is 0 Å². The Hall–Kier alpha value is -0.970. The van der Waals surface area contributed by atoms with Gasteiger partial charge in [0.05, 0.1) is 16.8 Å². The number of methoxy groups -OCH3 is 1. The van der Waals surface area contributed by atoms with Crippen LogP contribution >= 0.6 is 27.3 Å². The first-order chi connectivity index (χ1) is 12.8. The molecule has 10 heteroatoms. The van der Waals surface area contributed by atoms with E-state index in [2.05, 4.69) is 21.2 Å². The summed E-state index contributed by atoms with van der Waals surface area (Å²) < 4.78 is 33.0. The molecule has 0 bridgehead atoms. The molecule has 1 atom stereocenters. The first kappa shape index (κ1) is 20.8. The molecule has 27 heavy (non-hydrogen) atoms. The third kappa shape index (κ3) is 4.23. The Balaban J connectivity index is 1.72. The van der Waals surface area contributed by atoms with Gasteiger partial charge in [0.25, 0.3) is 10.0 Å². The fourth-order valence-electron chi connectivity index (χ4n) is 3.83. The molecule has 0 spiro atoms. The number of ether oxygens (including phenoxy) is 1. The maximum Gasteiger partial charge on any atom is 0.331 e. The lowest BCUT2D eigenvalue weighted by atomic mass is 9.93. The van der Waals surface area contributed by atoms with E-state index in [0.717, 1.165) is 28.0 Å². The summed E-state index contributed by atoms with van der Waals surface area (Å²) in [5.41, 5.74) is -0.967. The number of sulfonamides is 1. The minimum absolute atomic E-state index is 0.126. The Bertz CT molecular complexity index is 817. The maximum absolute atomic E-state index is 12.8. The standard InChI is InChI=1S/C17H23BrN2O5S2/c1-25-16(22)17(8-2-3-9-17)19-15(21)12-5-4-10-20(11-12)27(23,24)14-7-6-13(18)26-14/h6-7,12H,2-5,8-11H2,1H3,(H,19,21). The first-order valence-corrected chi connectivity index (χ1v) is 12.0. The van der Waals surface area contributed by atoms with Crippen molar-refractivity contribution in [1.29, 1.82) is 0 Å². The molecule has 1 saturated heterocycles. The van der Waals surface area contributed by atoms with Crippen molar-refractivity contribution in [3.05, 3.63) is 15.9 Å². The maximum atomic E-state index is 12.8. The fourth-order valence-corrected chi connectivity index (χ4v) is 7.52. The molecule has 1 aliphatic carbocycles. The van der Waals surface area contributed by atoms with Gasteiger partial charge in [0.2, 0.25) is 5.91 Å². The normalized spacial score (nSPS) is 23.1. The number of carbonyl (C=O) groups is 2. The van der Waals surface area contributed by atoms with Crippen LogP contribution in [0.15, 0.2) is 20.1 Å². The zero-order valence-corrected chi connectivity index (χ0v) is 18.3. The van der Waals surface area contributed by atoms with Gasteiger partial charge in [-0.25, -0.2) is 13.2 Å². The number of amides is 1. The zero-order valence-electron chi connectivity index (χ0n) is 15.1. The Morgan fingerprint density at radius 2 is 2.00 bits per heavy atom.